The Morgan fingerprint density at radius 2 is 1.12 bits per heavy atom. The molecule has 1 aliphatic carbocycles. The van der Waals surface area contributed by atoms with Crippen LogP contribution in [0.15, 0.2) is 0 Å². The fraction of sp³-hybridized carbons (Fsp3) is 0.727. The van der Waals surface area contributed by atoms with Crippen LogP contribution in [0.25, 0.3) is 0 Å². The summed E-state index contributed by atoms with van der Waals surface area (Å²) in [4.78, 5) is 32.7. The van der Waals surface area contributed by atoms with Gasteiger partial charge >= 0.3 is 17.9 Å². The molecule has 0 heterocycles. The molecule has 0 aromatic carbocycles. The second-order valence-electron chi connectivity index (χ2n) is 3.95. The lowest BCUT2D eigenvalue weighted by atomic mass is 10.2. The van der Waals surface area contributed by atoms with E-state index in [1.165, 1.54) is 20.8 Å². The average Bonchev–Trinajstić information content (AvgIpc) is 2.47. The average molecular weight is 244 g/mol. The molecule has 17 heavy (non-hydrogen) atoms. The van der Waals surface area contributed by atoms with Gasteiger partial charge < -0.3 is 14.2 Å². The van der Waals surface area contributed by atoms with Gasteiger partial charge in [-0.05, 0) is 12.8 Å². The molecule has 1 unspecified atom stereocenters. The molecule has 0 saturated heterocycles. The first-order chi connectivity index (χ1) is 7.90. The van der Waals surface area contributed by atoms with E-state index in [0.717, 1.165) is 0 Å². The molecule has 0 N–H and O–H groups in total. The van der Waals surface area contributed by atoms with E-state index in [1.54, 1.807) is 0 Å². The van der Waals surface area contributed by atoms with Gasteiger partial charge in [-0.1, -0.05) is 0 Å². The summed E-state index contributed by atoms with van der Waals surface area (Å²) in [6.07, 6.45) is -0.771. The van der Waals surface area contributed by atoms with Crippen LogP contribution in [0.5, 0.6) is 0 Å². The molecule has 3 atom stereocenters. The maximum absolute atomic E-state index is 11.0. The Kier molecular flexibility index (Phi) is 4.48. The molecule has 0 amide bonds. The van der Waals surface area contributed by atoms with Crippen molar-refractivity contribution in [2.75, 3.05) is 0 Å². The van der Waals surface area contributed by atoms with Gasteiger partial charge in [-0.15, -0.1) is 0 Å². The van der Waals surface area contributed by atoms with Crippen LogP contribution in [-0.2, 0) is 28.6 Å². The minimum Gasteiger partial charge on any atom is -0.458 e. The number of hydrogen-bond donors (Lipinski definition) is 0. The topological polar surface area (TPSA) is 78.9 Å². The molecule has 96 valence electrons. The smallest absolute Gasteiger partial charge is 0.303 e. The van der Waals surface area contributed by atoms with Crippen LogP contribution in [0.1, 0.15) is 33.6 Å². The number of hydrogen-bond acceptors (Lipinski definition) is 6. The van der Waals surface area contributed by atoms with E-state index in [2.05, 4.69) is 0 Å². The van der Waals surface area contributed by atoms with Gasteiger partial charge in [0, 0.05) is 20.8 Å². The zero-order chi connectivity index (χ0) is 13.0. The predicted octanol–water partition coefficient (Wildman–Crippen LogP) is 0.575. The van der Waals surface area contributed by atoms with E-state index in [-0.39, 0.29) is 0 Å². The van der Waals surface area contributed by atoms with Crippen molar-refractivity contribution >= 4 is 17.9 Å². The van der Waals surface area contributed by atoms with E-state index in [4.69, 9.17) is 14.2 Å². The Balaban J connectivity index is 2.69. The quantitative estimate of drug-likeness (QED) is 0.533. The third kappa shape index (κ3) is 4.05. The summed E-state index contributed by atoms with van der Waals surface area (Å²) in [5.74, 6) is -1.39. The Labute approximate surface area is 99.2 Å². The Morgan fingerprint density at radius 3 is 1.41 bits per heavy atom. The third-order valence-corrected chi connectivity index (χ3v) is 2.41. The molecule has 6 heteroatoms. The van der Waals surface area contributed by atoms with Crippen LogP contribution >= 0.6 is 0 Å². The van der Waals surface area contributed by atoms with Crippen molar-refractivity contribution in [3.05, 3.63) is 0 Å². The van der Waals surface area contributed by atoms with Gasteiger partial charge in [-0.25, -0.2) is 0 Å². The third-order valence-electron chi connectivity index (χ3n) is 2.41. The molecule has 0 aromatic rings. The molecule has 0 aliphatic heterocycles. The number of carbonyl (C=O) groups excluding carboxylic acids is 3. The van der Waals surface area contributed by atoms with Gasteiger partial charge in [0.25, 0.3) is 0 Å². The highest BCUT2D eigenvalue weighted by molar-refractivity contribution is 5.68. The Bertz CT molecular complexity index is 300. The van der Waals surface area contributed by atoms with Crippen LogP contribution in [0, 0.1) is 0 Å². The van der Waals surface area contributed by atoms with E-state index in [1.807, 2.05) is 0 Å². The number of ether oxygens (including phenoxy) is 3. The fourth-order valence-electron chi connectivity index (χ4n) is 1.92. The Hall–Kier alpha value is -1.59. The van der Waals surface area contributed by atoms with Crippen molar-refractivity contribution in [2.24, 2.45) is 0 Å². The summed E-state index contributed by atoms with van der Waals surface area (Å²) in [6.45, 7) is 3.82. The summed E-state index contributed by atoms with van der Waals surface area (Å²) >= 11 is 0. The van der Waals surface area contributed by atoms with Crippen molar-refractivity contribution in [1.82, 2.24) is 0 Å². The van der Waals surface area contributed by atoms with Crippen molar-refractivity contribution in [1.29, 1.82) is 0 Å². The molecule has 1 aliphatic rings. The minimum atomic E-state index is -0.708. The van der Waals surface area contributed by atoms with Gasteiger partial charge in [-0.3, -0.25) is 14.4 Å². The second kappa shape index (κ2) is 5.65. The molecule has 6 nitrogen and oxygen atoms in total. The standard InChI is InChI=1S/C11H16O6/c1-6(12)15-9-4-5-10(16-7(2)13)11(9)17-8(3)14/h9-11H,4-5H2,1-3H3/t9-,10+,11?. The molecule has 0 radical (unpaired) electrons. The van der Waals surface area contributed by atoms with E-state index >= 15 is 0 Å². The highest BCUT2D eigenvalue weighted by atomic mass is 16.6. The highest BCUT2D eigenvalue weighted by Gasteiger charge is 2.42. The van der Waals surface area contributed by atoms with Crippen molar-refractivity contribution in [3.8, 4) is 0 Å². The summed E-state index contributed by atoms with van der Waals surface area (Å²) in [6, 6.07) is 0. The van der Waals surface area contributed by atoms with Gasteiger partial charge in [0.1, 0.15) is 12.2 Å². The number of carbonyl (C=O) groups is 3. The van der Waals surface area contributed by atoms with E-state index in [0.29, 0.717) is 12.8 Å². The molecule has 0 spiro atoms. The normalized spacial score (nSPS) is 27.4. The molecular formula is C11H16O6. The zero-order valence-electron chi connectivity index (χ0n) is 10.1. The van der Waals surface area contributed by atoms with Gasteiger partial charge in [0.2, 0.25) is 0 Å². The summed E-state index contributed by atoms with van der Waals surface area (Å²) < 4.78 is 15.1. The van der Waals surface area contributed by atoms with Gasteiger partial charge in [0.15, 0.2) is 6.10 Å². The zero-order valence-corrected chi connectivity index (χ0v) is 10.1. The molecule has 1 rings (SSSR count). The van der Waals surface area contributed by atoms with Crippen molar-refractivity contribution in [3.63, 3.8) is 0 Å². The molecule has 0 aromatic heterocycles. The van der Waals surface area contributed by atoms with E-state index in [9.17, 15) is 14.4 Å². The van der Waals surface area contributed by atoms with Gasteiger partial charge in [-0.2, -0.15) is 0 Å². The van der Waals surface area contributed by atoms with E-state index < -0.39 is 36.2 Å². The summed E-state index contributed by atoms with van der Waals surface area (Å²) in [5.41, 5.74) is 0. The maximum Gasteiger partial charge on any atom is 0.303 e. The van der Waals surface area contributed by atoms with Gasteiger partial charge in [0.05, 0.1) is 0 Å². The molecule has 1 saturated carbocycles. The first-order valence-corrected chi connectivity index (χ1v) is 5.42. The largest absolute Gasteiger partial charge is 0.458 e. The first-order valence-electron chi connectivity index (χ1n) is 5.42. The Morgan fingerprint density at radius 1 is 0.765 bits per heavy atom. The summed E-state index contributed by atoms with van der Waals surface area (Å²) in [7, 11) is 0. The number of rotatable bonds is 3. The van der Waals surface area contributed by atoms with Crippen molar-refractivity contribution < 1.29 is 28.6 Å². The van der Waals surface area contributed by atoms with Crippen LogP contribution in [-0.4, -0.2) is 36.2 Å². The monoisotopic (exact) mass is 244 g/mol. The highest BCUT2D eigenvalue weighted by Crippen LogP contribution is 2.28. The first kappa shape index (κ1) is 13.5. The number of esters is 3. The lowest BCUT2D eigenvalue weighted by Gasteiger charge is -2.23. The molecule has 0 bridgehead atoms. The second-order valence-corrected chi connectivity index (χ2v) is 3.95. The van der Waals surface area contributed by atoms with Crippen LogP contribution < -0.4 is 0 Å². The van der Waals surface area contributed by atoms with Crippen LogP contribution in [0.2, 0.25) is 0 Å². The lowest BCUT2D eigenvalue weighted by molar-refractivity contribution is -0.174. The molecule has 1 fully saturated rings. The predicted molar refractivity (Wildman–Crippen MR) is 55.9 cm³/mol. The minimum absolute atomic E-state index is 0.448. The molecular weight excluding hydrogens is 228 g/mol. The maximum atomic E-state index is 11.0. The SMILES string of the molecule is CC(=O)OC1[C@@H](OC(C)=O)CC[C@H]1OC(C)=O. The van der Waals surface area contributed by atoms with Crippen molar-refractivity contribution in [2.45, 2.75) is 51.9 Å². The van der Waals surface area contributed by atoms with Crippen LogP contribution in [0.4, 0.5) is 0 Å². The summed E-state index contributed by atoms with van der Waals surface area (Å²) in [5, 5.41) is 0. The lowest BCUT2D eigenvalue weighted by Crippen LogP contribution is -2.38. The van der Waals surface area contributed by atoms with Crippen LogP contribution in [0.3, 0.4) is 0 Å². The fourth-order valence-corrected chi connectivity index (χ4v) is 1.92.